The summed E-state index contributed by atoms with van der Waals surface area (Å²) in [5.74, 6) is 2.13. The molecule has 4 rings (SSSR count). The van der Waals surface area contributed by atoms with Crippen LogP contribution in [0.1, 0.15) is 37.7 Å². The normalized spacial score (nSPS) is 19.8. The maximum atomic E-state index is 12.7. The summed E-state index contributed by atoms with van der Waals surface area (Å²) in [6.07, 6.45) is 8.28. The average Bonchev–Trinajstić information content (AvgIpc) is 2.82. The summed E-state index contributed by atoms with van der Waals surface area (Å²) in [5.41, 5.74) is 0.819. The summed E-state index contributed by atoms with van der Waals surface area (Å²) in [5, 5.41) is 0. The minimum atomic E-state index is -0.0345. The Kier molecular flexibility index (Phi) is 6.45. The molecule has 3 aliphatic heterocycles. The number of ether oxygens (including phenoxy) is 3. The maximum absolute atomic E-state index is 12.7. The molecular formula is C23H30N2O5. The van der Waals surface area contributed by atoms with Crippen LogP contribution in [0, 0.1) is 5.92 Å². The van der Waals surface area contributed by atoms with Gasteiger partial charge in [0.1, 0.15) is 13.2 Å². The molecule has 0 radical (unpaired) electrons. The number of carbonyl (C=O) groups is 2. The van der Waals surface area contributed by atoms with Crippen LogP contribution in [-0.4, -0.2) is 68.1 Å². The first-order valence-electron chi connectivity index (χ1n) is 10.9. The number of nitrogens with zero attached hydrogens (tertiary/aromatic N) is 2. The van der Waals surface area contributed by atoms with Crippen LogP contribution >= 0.6 is 0 Å². The van der Waals surface area contributed by atoms with E-state index in [1.165, 1.54) is 6.42 Å². The molecule has 0 unspecified atom stereocenters. The SMILES string of the molecule is COc1cc(C=CC(=O)N2CCC(C(=O)N3CCCCC3)CC2)cc2c1OCCO2. The van der Waals surface area contributed by atoms with Crippen LogP contribution in [0.2, 0.25) is 0 Å². The second-order valence-corrected chi connectivity index (χ2v) is 8.07. The lowest BCUT2D eigenvalue weighted by atomic mass is 9.94. The van der Waals surface area contributed by atoms with Crippen molar-refractivity contribution < 1.29 is 23.8 Å². The number of carbonyl (C=O) groups excluding carboxylic acids is 2. The minimum absolute atomic E-state index is 0.0345. The lowest BCUT2D eigenvalue weighted by molar-refractivity contribution is -0.140. The van der Waals surface area contributed by atoms with Crippen molar-refractivity contribution in [2.45, 2.75) is 32.1 Å². The fraction of sp³-hybridized carbons (Fsp3) is 0.565. The lowest BCUT2D eigenvalue weighted by Crippen LogP contribution is -2.45. The molecule has 0 bridgehead atoms. The van der Waals surface area contributed by atoms with Crippen molar-refractivity contribution in [1.29, 1.82) is 0 Å². The van der Waals surface area contributed by atoms with E-state index in [9.17, 15) is 9.59 Å². The molecule has 30 heavy (non-hydrogen) atoms. The quantitative estimate of drug-likeness (QED) is 0.709. The number of likely N-dealkylation sites (tertiary alicyclic amines) is 2. The maximum Gasteiger partial charge on any atom is 0.246 e. The molecule has 2 saturated heterocycles. The number of hydrogen-bond acceptors (Lipinski definition) is 5. The number of rotatable bonds is 4. The van der Waals surface area contributed by atoms with E-state index in [1.54, 1.807) is 19.3 Å². The fourth-order valence-electron chi connectivity index (χ4n) is 4.38. The Morgan fingerprint density at radius 3 is 2.47 bits per heavy atom. The highest BCUT2D eigenvalue weighted by atomic mass is 16.6. The smallest absolute Gasteiger partial charge is 0.246 e. The minimum Gasteiger partial charge on any atom is -0.493 e. The topological polar surface area (TPSA) is 68.3 Å². The molecule has 7 nitrogen and oxygen atoms in total. The van der Waals surface area contributed by atoms with E-state index in [0.717, 1.165) is 44.3 Å². The number of benzene rings is 1. The number of hydrogen-bond donors (Lipinski definition) is 0. The monoisotopic (exact) mass is 414 g/mol. The first-order valence-corrected chi connectivity index (χ1v) is 10.9. The summed E-state index contributed by atoms with van der Waals surface area (Å²) < 4.78 is 16.6. The van der Waals surface area contributed by atoms with E-state index < -0.39 is 0 Å². The van der Waals surface area contributed by atoms with Crippen molar-refractivity contribution in [3.63, 3.8) is 0 Å². The van der Waals surface area contributed by atoms with Gasteiger partial charge >= 0.3 is 0 Å². The molecule has 3 heterocycles. The summed E-state index contributed by atoms with van der Waals surface area (Å²) >= 11 is 0. The van der Waals surface area contributed by atoms with Crippen molar-refractivity contribution in [2.24, 2.45) is 5.92 Å². The summed E-state index contributed by atoms with van der Waals surface area (Å²) in [4.78, 5) is 29.2. The van der Waals surface area contributed by atoms with E-state index in [-0.39, 0.29) is 17.7 Å². The van der Waals surface area contributed by atoms with Gasteiger partial charge in [-0.1, -0.05) is 0 Å². The Morgan fingerprint density at radius 2 is 1.73 bits per heavy atom. The van der Waals surface area contributed by atoms with Crippen LogP contribution in [0.5, 0.6) is 17.2 Å². The summed E-state index contributed by atoms with van der Waals surface area (Å²) in [7, 11) is 1.58. The molecule has 2 amide bonds. The van der Waals surface area contributed by atoms with Gasteiger partial charge in [0.15, 0.2) is 11.5 Å². The Bertz CT molecular complexity index is 791. The Balaban J connectivity index is 1.33. The highest BCUT2D eigenvalue weighted by molar-refractivity contribution is 5.92. The molecule has 3 aliphatic rings. The third-order valence-corrected chi connectivity index (χ3v) is 6.09. The summed E-state index contributed by atoms with van der Waals surface area (Å²) in [6, 6.07) is 3.69. The van der Waals surface area contributed by atoms with E-state index in [1.807, 2.05) is 21.9 Å². The van der Waals surface area contributed by atoms with E-state index in [2.05, 4.69) is 0 Å². The molecule has 0 aliphatic carbocycles. The molecule has 1 aromatic carbocycles. The fourth-order valence-corrected chi connectivity index (χ4v) is 4.38. The lowest BCUT2D eigenvalue weighted by Gasteiger charge is -2.35. The van der Waals surface area contributed by atoms with Crippen molar-refractivity contribution in [2.75, 3.05) is 46.5 Å². The zero-order chi connectivity index (χ0) is 20.9. The van der Waals surface area contributed by atoms with E-state index in [4.69, 9.17) is 14.2 Å². The summed E-state index contributed by atoms with van der Waals surface area (Å²) in [6.45, 7) is 4.01. The molecule has 7 heteroatoms. The van der Waals surface area contributed by atoms with Crippen LogP contribution in [0.3, 0.4) is 0 Å². The zero-order valence-electron chi connectivity index (χ0n) is 17.6. The largest absolute Gasteiger partial charge is 0.493 e. The molecule has 0 aromatic heterocycles. The molecule has 1 aromatic rings. The second kappa shape index (κ2) is 9.41. The molecule has 0 atom stereocenters. The highest BCUT2D eigenvalue weighted by Crippen LogP contribution is 2.40. The van der Waals surface area contributed by atoms with Crippen LogP contribution < -0.4 is 14.2 Å². The predicted octanol–water partition coefficient (Wildman–Crippen LogP) is 2.73. The molecule has 2 fully saturated rings. The first-order chi connectivity index (χ1) is 14.7. The molecular weight excluding hydrogens is 384 g/mol. The van der Waals surface area contributed by atoms with Crippen molar-refractivity contribution >= 4 is 17.9 Å². The van der Waals surface area contributed by atoms with Gasteiger partial charge in [-0.25, -0.2) is 0 Å². The predicted molar refractivity (Wildman–Crippen MR) is 113 cm³/mol. The Hall–Kier alpha value is -2.70. The van der Waals surface area contributed by atoms with Gasteiger partial charge in [0, 0.05) is 38.2 Å². The third-order valence-electron chi connectivity index (χ3n) is 6.09. The number of piperidine rings is 2. The molecule has 0 saturated carbocycles. The molecule has 162 valence electrons. The zero-order valence-corrected chi connectivity index (χ0v) is 17.6. The number of methoxy groups -OCH3 is 1. The van der Waals surface area contributed by atoms with Gasteiger partial charge in [0.25, 0.3) is 0 Å². The standard InChI is InChI=1S/C23H30N2O5/c1-28-19-15-17(16-20-22(19)30-14-13-29-20)5-6-21(26)24-11-7-18(8-12-24)23(27)25-9-3-2-4-10-25/h5-6,15-16,18H,2-4,7-14H2,1H3. The van der Waals surface area contributed by atoms with Gasteiger partial charge in [-0.05, 0) is 55.9 Å². The van der Waals surface area contributed by atoms with Crippen LogP contribution in [0.15, 0.2) is 18.2 Å². The van der Waals surface area contributed by atoms with Crippen molar-refractivity contribution in [3.8, 4) is 17.2 Å². The van der Waals surface area contributed by atoms with Crippen LogP contribution in [0.4, 0.5) is 0 Å². The highest BCUT2D eigenvalue weighted by Gasteiger charge is 2.30. The number of amides is 2. The van der Waals surface area contributed by atoms with Gasteiger partial charge in [-0.15, -0.1) is 0 Å². The van der Waals surface area contributed by atoms with E-state index >= 15 is 0 Å². The van der Waals surface area contributed by atoms with Gasteiger partial charge in [0.2, 0.25) is 17.6 Å². The molecule has 0 spiro atoms. The average molecular weight is 415 g/mol. The van der Waals surface area contributed by atoms with Crippen molar-refractivity contribution in [3.05, 3.63) is 23.8 Å². The van der Waals surface area contributed by atoms with Gasteiger partial charge in [0.05, 0.1) is 7.11 Å². The second-order valence-electron chi connectivity index (χ2n) is 8.07. The van der Waals surface area contributed by atoms with E-state index in [0.29, 0.717) is 43.6 Å². The van der Waals surface area contributed by atoms with Gasteiger partial charge in [-0.3, -0.25) is 9.59 Å². The first kappa shape index (κ1) is 20.6. The Labute approximate surface area is 177 Å². The van der Waals surface area contributed by atoms with Gasteiger partial charge < -0.3 is 24.0 Å². The number of fused-ring (bicyclic) bond motifs is 1. The van der Waals surface area contributed by atoms with Crippen molar-refractivity contribution in [1.82, 2.24) is 9.80 Å². The van der Waals surface area contributed by atoms with Crippen LogP contribution in [-0.2, 0) is 9.59 Å². The third kappa shape index (κ3) is 4.55. The molecule has 0 N–H and O–H groups in total. The van der Waals surface area contributed by atoms with Gasteiger partial charge in [-0.2, -0.15) is 0 Å². The Morgan fingerprint density at radius 1 is 1.00 bits per heavy atom. The van der Waals surface area contributed by atoms with Crippen LogP contribution in [0.25, 0.3) is 6.08 Å².